The van der Waals surface area contributed by atoms with Gasteiger partial charge in [-0.3, -0.25) is 4.79 Å². The van der Waals surface area contributed by atoms with Crippen LogP contribution in [0.5, 0.6) is 0 Å². The van der Waals surface area contributed by atoms with E-state index in [0.717, 1.165) is 0 Å². The highest BCUT2D eigenvalue weighted by Gasteiger charge is 2.28. The first-order valence-electron chi connectivity index (χ1n) is 3.83. The zero-order valence-electron chi connectivity index (χ0n) is 7.64. The Morgan fingerprint density at radius 3 is 2.18 bits per heavy atom. The number of hydrogen-bond donors (Lipinski definition) is 2. The minimum Gasteiger partial charge on any atom is -0.481 e. The number of nitrogens with one attached hydrogen (secondary N) is 1. The second kappa shape index (κ2) is 3.72. The molecule has 0 saturated heterocycles. The quantitative estimate of drug-likeness (QED) is 0.645. The minimum absolute atomic E-state index is 0.168. The van der Waals surface area contributed by atoms with Gasteiger partial charge >= 0.3 is 5.97 Å². The van der Waals surface area contributed by atoms with Crippen LogP contribution in [0, 0.1) is 5.92 Å². The lowest BCUT2D eigenvalue weighted by molar-refractivity contribution is -0.139. The van der Waals surface area contributed by atoms with Gasteiger partial charge in [0, 0.05) is 5.54 Å². The molecule has 0 spiro atoms. The molecule has 0 fully saturated rings. The Kier molecular flexibility index (Phi) is 3.52. The van der Waals surface area contributed by atoms with Gasteiger partial charge in [0.2, 0.25) is 0 Å². The standard InChI is InChI=1S/C8H17NO2/c1-6(2)8(3,9-4)5-7(10)11/h6,9H,5H2,1-4H3,(H,10,11). The molecule has 3 nitrogen and oxygen atoms in total. The first kappa shape index (κ1) is 10.4. The average Bonchev–Trinajstić information content (AvgIpc) is 1.86. The molecule has 1 atom stereocenters. The number of carboxylic acid groups (broad SMARTS) is 1. The van der Waals surface area contributed by atoms with E-state index in [1.54, 1.807) is 7.05 Å². The molecular weight excluding hydrogens is 142 g/mol. The van der Waals surface area contributed by atoms with Crippen LogP contribution in [-0.4, -0.2) is 23.7 Å². The van der Waals surface area contributed by atoms with Crippen LogP contribution < -0.4 is 5.32 Å². The average molecular weight is 159 g/mol. The normalized spacial score (nSPS) is 16.5. The van der Waals surface area contributed by atoms with Crippen molar-refractivity contribution in [2.45, 2.75) is 32.7 Å². The third-order valence-corrected chi connectivity index (χ3v) is 2.36. The predicted molar refractivity (Wildman–Crippen MR) is 44.6 cm³/mol. The van der Waals surface area contributed by atoms with E-state index in [0.29, 0.717) is 5.92 Å². The molecule has 0 rings (SSSR count). The SMILES string of the molecule is CNC(C)(CC(=O)O)C(C)C. The molecule has 0 amide bonds. The zero-order valence-corrected chi connectivity index (χ0v) is 7.64. The molecule has 0 aromatic heterocycles. The first-order chi connectivity index (χ1) is 4.92. The Hall–Kier alpha value is -0.570. The van der Waals surface area contributed by atoms with Crippen molar-refractivity contribution in [1.82, 2.24) is 5.32 Å². The van der Waals surface area contributed by atoms with Gasteiger partial charge in [0.15, 0.2) is 0 Å². The van der Waals surface area contributed by atoms with E-state index in [1.165, 1.54) is 0 Å². The zero-order chi connectivity index (χ0) is 9.07. The maximum atomic E-state index is 10.4. The van der Waals surface area contributed by atoms with Gasteiger partial charge in [-0.25, -0.2) is 0 Å². The monoisotopic (exact) mass is 159 g/mol. The lowest BCUT2D eigenvalue weighted by atomic mass is 9.85. The fourth-order valence-corrected chi connectivity index (χ4v) is 0.895. The Labute approximate surface area is 67.8 Å². The summed E-state index contributed by atoms with van der Waals surface area (Å²) in [7, 11) is 1.79. The van der Waals surface area contributed by atoms with Crippen LogP contribution in [0.3, 0.4) is 0 Å². The number of hydrogen-bond acceptors (Lipinski definition) is 2. The Bertz CT molecular complexity index is 145. The van der Waals surface area contributed by atoms with E-state index in [-0.39, 0.29) is 12.0 Å². The van der Waals surface area contributed by atoms with Crippen molar-refractivity contribution < 1.29 is 9.90 Å². The first-order valence-corrected chi connectivity index (χ1v) is 3.83. The summed E-state index contributed by atoms with van der Waals surface area (Å²) in [6, 6.07) is 0. The summed E-state index contributed by atoms with van der Waals surface area (Å²) in [4.78, 5) is 10.4. The molecular formula is C8H17NO2. The van der Waals surface area contributed by atoms with E-state index < -0.39 is 5.97 Å². The van der Waals surface area contributed by atoms with Crippen molar-refractivity contribution in [3.63, 3.8) is 0 Å². The number of carbonyl (C=O) groups is 1. The van der Waals surface area contributed by atoms with Crippen LogP contribution in [0.15, 0.2) is 0 Å². The fourth-order valence-electron chi connectivity index (χ4n) is 0.895. The van der Waals surface area contributed by atoms with Crippen LogP contribution in [-0.2, 0) is 4.79 Å². The van der Waals surface area contributed by atoms with Gasteiger partial charge in [-0.15, -0.1) is 0 Å². The molecule has 0 saturated carbocycles. The van der Waals surface area contributed by atoms with Gasteiger partial charge in [0.1, 0.15) is 0 Å². The van der Waals surface area contributed by atoms with Crippen LogP contribution in [0.4, 0.5) is 0 Å². The molecule has 11 heavy (non-hydrogen) atoms. The summed E-state index contributed by atoms with van der Waals surface area (Å²) in [5.41, 5.74) is -0.286. The molecule has 0 aliphatic carbocycles. The predicted octanol–water partition coefficient (Wildman–Crippen LogP) is 1.10. The van der Waals surface area contributed by atoms with Crippen LogP contribution in [0.2, 0.25) is 0 Å². The van der Waals surface area contributed by atoms with Gasteiger partial charge in [0.05, 0.1) is 6.42 Å². The second-order valence-corrected chi connectivity index (χ2v) is 3.39. The van der Waals surface area contributed by atoms with Crippen molar-refractivity contribution in [1.29, 1.82) is 0 Å². The highest BCUT2D eigenvalue weighted by atomic mass is 16.4. The van der Waals surface area contributed by atoms with Crippen molar-refractivity contribution >= 4 is 5.97 Å². The minimum atomic E-state index is -0.754. The lowest BCUT2D eigenvalue weighted by Crippen LogP contribution is -2.46. The summed E-state index contributed by atoms with van der Waals surface area (Å²) in [5, 5.41) is 11.6. The van der Waals surface area contributed by atoms with Crippen LogP contribution >= 0.6 is 0 Å². The van der Waals surface area contributed by atoms with E-state index in [4.69, 9.17) is 5.11 Å². The van der Waals surface area contributed by atoms with Crippen molar-refractivity contribution in [3.8, 4) is 0 Å². The third kappa shape index (κ3) is 2.89. The second-order valence-electron chi connectivity index (χ2n) is 3.39. The highest BCUT2D eigenvalue weighted by molar-refractivity contribution is 5.68. The molecule has 1 unspecified atom stereocenters. The number of rotatable bonds is 4. The van der Waals surface area contributed by atoms with E-state index >= 15 is 0 Å². The largest absolute Gasteiger partial charge is 0.481 e. The lowest BCUT2D eigenvalue weighted by Gasteiger charge is -2.31. The van der Waals surface area contributed by atoms with Crippen molar-refractivity contribution in [2.24, 2.45) is 5.92 Å². The molecule has 0 heterocycles. The Morgan fingerprint density at radius 1 is 1.64 bits per heavy atom. The molecule has 0 aliphatic heterocycles. The van der Waals surface area contributed by atoms with Crippen LogP contribution in [0.1, 0.15) is 27.2 Å². The molecule has 3 heteroatoms. The van der Waals surface area contributed by atoms with Gasteiger partial charge in [-0.2, -0.15) is 0 Å². The molecule has 0 aromatic rings. The fraction of sp³-hybridized carbons (Fsp3) is 0.875. The van der Waals surface area contributed by atoms with Gasteiger partial charge < -0.3 is 10.4 Å². The number of aliphatic carboxylic acids is 1. The van der Waals surface area contributed by atoms with Crippen molar-refractivity contribution in [2.75, 3.05) is 7.05 Å². The topological polar surface area (TPSA) is 49.3 Å². The highest BCUT2D eigenvalue weighted by Crippen LogP contribution is 2.19. The molecule has 2 N–H and O–H groups in total. The Morgan fingerprint density at radius 2 is 2.09 bits per heavy atom. The molecule has 0 aromatic carbocycles. The number of carboxylic acids is 1. The molecule has 0 aliphatic rings. The van der Waals surface area contributed by atoms with Crippen molar-refractivity contribution in [3.05, 3.63) is 0 Å². The van der Waals surface area contributed by atoms with E-state index in [2.05, 4.69) is 5.32 Å². The Balaban J connectivity index is 4.22. The molecule has 66 valence electrons. The van der Waals surface area contributed by atoms with E-state index in [9.17, 15) is 4.79 Å². The van der Waals surface area contributed by atoms with Gasteiger partial charge in [0.25, 0.3) is 0 Å². The van der Waals surface area contributed by atoms with Crippen LogP contribution in [0.25, 0.3) is 0 Å². The maximum absolute atomic E-state index is 10.4. The summed E-state index contributed by atoms with van der Waals surface area (Å²) >= 11 is 0. The van der Waals surface area contributed by atoms with E-state index in [1.807, 2.05) is 20.8 Å². The molecule has 0 bridgehead atoms. The third-order valence-electron chi connectivity index (χ3n) is 2.36. The summed E-state index contributed by atoms with van der Waals surface area (Å²) < 4.78 is 0. The summed E-state index contributed by atoms with van der Waals surface area (Å²) in [5.74, 6) is -0.431. The van der Waals surface area contributed by atoms with Gasteiger partial charge in [-0.1, -0.05) is 13.8 Å². The molecule has 0 radical (unpaired) electrons. The maximum Gasteiger partial charge on any atom is 0.305 e. The van der Waals surface area contributed by atoms with Gasteiger partial charge in [-0.05, 0) is 19.9 Å². The smallest absolute Gasteiger partial charge is 0.305 e. The summed E-state index contributed by atoms with van der Waals surface area (Å²) in [6.45, 7) is 5.95. The summed E-state index contributed by atoms with van der Waals surface area (Å²) in [6.07, 6.45) is 0.168.